The Morgan fingerprint density at radius 1 is 1.18 bits per heavy atom. The molecule has 0 spiro atoms. The van der Waals surface area contributed by atoms with E-state index < -0.39 is 0 Å². The smallest absolute Gasteiger partial charge is 0.266 e. The number of nitrogens with zero attached hydrogens (tertiary/aromatic N) is 1. The second-order valence-corrected chi connectivity index (χ2v) is 9.18. The average Bonchev–Trinajstić information content (AvgIpc) is 3.03. The Morgan fingerprint density at radius 3 is 2.67 bits per heavy atom. The van der Waals surface area contributed by atoms with E-state index in [0.29, 0.717) is 49.6 Å². The van der Waals surface area contributed by atoms with Gasteiger partial charge >= 0.3 is 0 Å². The molecule has 0 unspecified atom stereocenters. The molecule has 0 bridgehead atoms. The van der Waals surface area contributed by atoms with Crippen molar-refractivity contribution in [3.63, 3.8) is 0 Å². The maximum Gasteiger partial charge on any atom is 0.266 e. The number of amides is 2. The molecule has 0 aromatic heterocycles. The minimum Gasteiger partial charge on any atom is -0.490 e. The van der Waals surface area contributed by atoms with E-state index in [2.05, 4.69) is 11.9 Å². The summed E-state index contributed by atoms with van der Waals surface area (Å²) in [7, 11) is 0. The quantitative estimate of drug-likeness (QED) is 0.255. The minimum atomic E-state index is -0.370. The van der Waals surface area contributed by atoms with Crippen molar-refractivity contribution in [2.75, 3.05) is 25.1 Å². The van der Waals surface area contributed by atoms with Crippen molar-refractivity contribution in [3.8, 4) is 11.5 Å². The average molecular weight is 523 g/mol. The number of carbonyl (C=O) groups is 2. The van der Waals surface area contributed by atoms with Crippen molar-refractivity contribution in [2.45, 2.75) is 6.92 Å². The van der Waals surface area contributed by atoms with Crippen LogP contribution in [-0.4, -0.2) is 40.8 Å². The van der Waals surface area contributed by atoms with E-state index in [0.717, 1.165) is 5.56 Å². The van der Waals surface area contributed by atoms with Gasteiger partial charge in [0.15, 0.2) is 18.1 Å². The molecule has 2 amide bonds. The Labute approximate surface area is 211 Å². The number of benzene rings is 2. The van der Waals surface area contributed by atoms with E-state index in [4.69, 9.17) is 44.9 Å². The number of rotatable bonds is 9. The van der Waals surface area contributed by atoms with Crippen molar-refractivity contribution in [2.24, 2.45) is 0 Å². The van der Waals surface area contributed by atoms with Gasteiger partial charge in [0.1, 0.15) is 4.32 Å². The Kier molecular flexibility index (Phi) is 8.80. The molecular weight excluding hydrogens is 503 g/mol. The number of thioether (sulfide) groups is 1. The number of hydrogen-bond acceptors (Lipinski definition) is 6. The van der Waals surface area contributed by atoms with Crippen LogP contribution in [0.2, 0.25) is 10.0 Å². The molecule has 1 aliphatic heterocycles. The first kappa shape index (κ1) is 25.1. The normalized spacial score (nSPS) is 14.5. The molecule has 10 heteroatoms. The van der Waals surface area contributed by atoms with E-state index in [-0.39, 0.29) is 18.4 Å². The van der Waals surface area contributed by atoms with E-state index in [1.54, 1.807) is 48.6 Å². The van der Waals surface area contributed by atoms with Gasteiger partial charge in [-0.25, -0.2) is 0 Å². The third-order valence-corrected chi connectivity index (χ3v) is 6.43. The van der Waals surface area contributed by atoms with Crippen LogP contribution in [0.1, 0.15) is 12.5 Å². The summed E-state index contributed by atoms with van der Waals surface area (Å²) in [5.41, 5.74) is 1.25. The summed E-state index contributed by atoms with van der Waals surface area (Å²) in [6.07, 6.45) is 3.37. The molecule has 0 aliphatic carbocycles. The zero-order chi connectivity index (χ0) is 24.0. The van der Waals surface area contributed by atoms with Crippen molar-refractivity contribution >= 4 is 75.1 Å². The number of anilines is 1. The zero-order valence-corrected chi connectivity index (χ0v) is 20.7. The summed E-state index contributed by atoms with van der Waals surface area (Å²) in [5, 5.41) is 3.43. The predicted molar refractivity (Wildman–Crippen MR) is 138 cm³/mol. The summed E-state index contributed by atoms with van der Waals surface area (Å²) in [5.74, 6) is 0.320. The summed E-state index contributed by atoms with van der Waals surface area (Å²) in [6.45, 7) is 6.02. The fourth-order valence-electron chi connectivity index (χ4n) is 2.85. The topological polar surface area (TPSA) is 67.9 Å². The van der Waals surface area contributed by atoms with Gasteiger partial charge in [-0.1, -0.05) is 59.3 Å². The van der Waals surface area contributed by atoms with E-state index in [9.17, 15) is 9.59 Å². The van der Waals surface area contributed by atoms with Crippen LogP contribution in [-0.2, 0) is 9.59 Å². The Hall–Kier alpha value is -2.52. The van der Waals surface area contributed by atoms with Gasteiger partial charge in [0.2, 0.25) is 0 Å². The Morgan fingerprint density at radius 2 is 1.97 bits per heavy atom. The molecule has 1 aliphatic rings. The third kappa shape index (κ3) is 6.51. The summed E-state index contributed by atoms with van der Waals surface area (Å²) in [4.78, 5) is 26.8. The SMILES string of the molecule is C=CCN1C(=O)/C(=C/c2ccc(OCC(=O)Nc3ccc(Cl)c(Cl)c3)c(OCC)c2)SC1=S. The number of ether oxygens (including phenoxy) is 2. The molecular formula is C23H20Cl2N2O4S2. The molecule has 1 heterocycles. The number of nitrogens with one attached hydrogen (secondary N) is 1. The zero-order valence-electron chi connectivity index (χ0n) is 17.6. The number of halogens is 2. The summed E-state index contributed by atoms with van der Waals surface area (Å²) < 4.78 is 11.8. The Balaban J connectivity index is 1.70. The van der Waals surface area contributed by atoms with Crippen LogP contribution in [0.25, 0.3) is 6.08 Å². The third-order valence-electron chi connectivity index (χ3n) is 4.31. The fourth-order valence-corrected chi connectivity index (χ4v) is 4.43. The maximum absolute atomic E-state index is 12.5. The molecule has 172 valence electrons. The highest BCUT2D eigenvalue weighted by atomic mass is 35.5. The van der Waals surface area contributed by atoms with Gasteiger partial charge in [0, 0.05) is 12.2 Å². The standard InChI is InChI=1S/C23H20Cl2N2O4S2/c1-3-9-27-22(29)20(33-23(27)32)11-14-5-8-18(19(10-14)30-4-2)31-13-21(28)26-15-6-7-16(24)17(25)12-15/h3,5-8,10-12H,1,4,9,13H2,2H3,(H,26,28)/b20-11-. The molecule has 1 fully saturated rings. The minimum absolute atomic E-state index is 0.165. The fraction of sp³-hybridized carbons (Fsp3) is 0.174. The first-order valence-electron chi connectivity index (χ1n) is 9.83. The predicted octanol–water partition coefficient (Wildman–Crippen LogP) is 5.80. The molecule has 2 aromatic carbocycles. The van der Waals surface area contributed by atoms with Gasteiger partial charge in [0.25, 0.3) is 11.8 Å². The van der Waals surface area contributed by atoms with Crippen molar-refractivity contribution in [1.82, 2.24) is 4.90 Å². The van der Waals surface area contributed by atoms with Crippen molar-refractivity contribution in [3.05, 3.63) is 69.6 Å². The number of carbonyl (C=O) groups excluding carboxylic acids is 2. The van der Waals surface area contributed by atoms with Crippen LogP contribution < -0.4 is 14.8 Å². The number of hydrogen-bond donors (Lipinski definition) is 1. The highest BCUT2D eigenvalue weighted by Gasteiger charge is 2.31. The summed E-state index contributed by atoms with van der Waals surface area (Å²) >= 11 is 18.4. The second kappa shape index (κ2) is 11.6. The molecule has 0 radical (unpaired) electrons. The second-order valence-electron chi connectivity index (χ2n) is 6.69. The lowest BCUT2D eigenvalue weighted by atomic mass is 10.2. The van der Waals surface area contributed by atoms with Gasteiger partial charge in [0.05, 0.1) is 21.6 Å². The van der Waals surface area contributed by atoms with Crippen molar-refractivity contribution in [1.29, 1.82) is 0 Å². The summed E-state index contributed by atoms with van der Waals surface area (Å²) in [6, 6.07) is 10.00. The molecule has 1 saturated heterocycles. The number of thiocarbonyl (C=S) groups is 1. The lowest BCUT2D eigenvalue weighted by Crippen LogP contribution is -2.27. The van der Waals surface area contributed by atoms with Crippen LogP contribution in [0, 0.1) is 0 Å². The van der Waals surface area contributed by atoms with Crippen LogP contribution in [0.3, 0.4) is 0 Å². The molecule has 6 nitrogen and oxygen atoms in total. The van der Waals surface area contributed by atoms with Crippen molar-refractivity contribution < 1.29 is 19.1 Å². The van der Waals surface area contributed by atoms with Gasteiger partial charge in [-0.15, -0.1) is 6.58 Å². The lowest BCUT2D eigenvalue weighted by molar-refractivity contribution is -0.121. The molecule has 2 aromatic rings. The first-order valence-corrected chi connectivity index (χ1v) is 11.8. The lowest BCUT2D eigenvalue weighted by Gasteiger charge is -2.13. The monoisotopic (exact) mass is 522 g/mol. The largest absolute Gasteiger partial charge is 0.490 e. The highest BCUT2D eigenvalue weighted by molar-refractivity contribution is 8.26. The van der Waals surface area contributed by atoms with Gasteiger partial charge in [-0.2, -0.15) is 0 Å². The van der Waals surface area contributed by atoms with Crippen LogP contribution in [0.5, 0.6) is 11.5 Å². The Bertz CT molecular complexity index is 1140. The van der Waals surface area contributed by atoms with Crippen LogP contribution in [0.4, 0.5) is 5.69 Å². The molecule has 0 atom stereocenters. The molecule has 3 rings (SSSR count). The van der Waals surface area contributed by atoms with Gasteiger partial charge in [-0.3, -0.25) is 14.5 Å². The molecule has 0 saturated carbocycles. The van der Waals surface area contributed by atoms with E-state index in [1.165, 1.54) is 16.7 Å². The van der Waals surface area contributed by atoms with E-state index >= 15 is 0 Å². The van der Waals surface area contributed by atoms with Gasteiger partial charge < -0.3 is 14.8 Å². The molecule has 1 N–H and O–H groups in total. The molecule has 33 heavy (non-hydrogen) atoms. The first-order chi connectivity index (χ1) is 15.8. The van der Waals surface area contributed by atoms with Crippen LogP contribution in [0.15, 0.2) is 54.0 Å². The van der Waals surface area contributed by atoms with E-state index in [1.807, 2.05) is 6.92 Å². The van der Waals surface area contributed by atoms with Gasteiger partial charge in [-0.05, 0) is 48.9 Å². The van der Waals surface area contributed by atoms with Crippen LogP contribution >= 0.6 is 47.2 Å². The maximum atomic E-state index is 12.5. The highest BCUT2D eigenvalue weighted by Crippen LogP contribution is 2.35.